The molecule has 154 valence electrons. The summed E-state index contributed by atoms with van der Waals surface area (Å²) in [5, 5.41) is 0. The fraction of sp³-hybridized carbons (Fsp3) is 0.450. The van der Waals surface area contributed by atoms with E-state index in [1.807, 2.05) is 25.1 Å². The number of aryl methyl sites for hydroxylation is 2. The van der Waals surface area contributed by atoms with Crippen molar-refractivity contribution in [3.63, 3.8) is 0 Å². The zero-order valence-corrected chi connectivity index (χ0v) is 16.0. The van der Waals surface area contributed by atoms with Gasteiger partial charge in [-0.3, -0.25) is 4.79 Å². The van der Waals surface area contributed by atoms with Crippen LogP contribution in [0.25, 0.3) is 0 Å². The third kappa shape index (κ3) is 3.91. The third-order valence-electron chi connectivity index (χ3n) is 5.17. The Labute approximate surface area is 166 Å². The average molecular weight is 406 g/mol. The highest BCUT2D eigenvalue weighted by Crippen LogP contribution is 2.36. The molecule has 1 aromatic heterocycles. The third-order valence-corrected chi connectivity index (χ3v) is 5.17. The van der Waals surface area contributed by atoms with Crippen LogP contribution in [-0.2, 0) is 17.3 Å². The van der Waals surface area contributed by atoms with Crippen LogP contribution in [0.4, 0.5) is 24.8 Å². The second kappa shape index (κ2) is 7.62. The van der Waals surface area contributed by atoms with E-state index in [-0.39, 0.29) is 19.0 Å². The number of fused-ring (bicyclic) bond motifs is 1. The highest BCUT2D eigenvalue weighted by atomic mass is 19.4. The normalized spacial score (nSPS) is 17.2. The number of carbonyl (C=O) groups is 1. The molecule has 0 bridgehead atoms. The summed E-state index contributed by atoms with van der Waals surface area (Å²) < 4.78 is 46.5. The molecule has 2 aliphatic rings. The first-order valence-electron chi connectivity index (χ1n) is 9.53. The minimum atomic E-state index is -4.76. The first kappa shape index (κ1) is 19.6. The number of hydrogen-bond acceptors (Lipinski definition) is 5. The summed E-state index contributed by atoms with van der Waals surface area (Å²) >= 11 is 0. The van der Waals surface area contributed by atoms with Crippen LogP contribution in [0.1, 0.15) is 33.6 Å². The molecule has 0 unspecified atom stereocenters. The van der Waals surface area contributed by atoms with Gasteiger partial charge in [0.05, 0.1) is 18.8 Å². The van der Waals surface area contributed by atoms with Crippen LogP contribution in [0.15, 0.2) is 24.4 Å². The van der Waals surface area contributed by atoms with Crippen LogP contribution in [-0.4, -0.2) is 53.6 Å². The lowest BCUT2D eigenvalue weighted by Crippen LogP contribution is -2.41. The molecule has 0 saturated carbocycles. The van der Waals surface area contributed by atoms with Gasteiger partial charge in [-0.15, -0.1) is 0 Å². The number of benzene rings is 1. The SMILES string of the molecule is Cc1ccc2c(c1)CCCN2c1ncc(C(=O)N2CCOCC2)c(C(F)(F)F)n1. The van der Waals surface area contributed by atoms with Crippen molar-refractivity contribution in [1.82, 2.24) is 14.9 Å². The molecule has 6 nitrogen and oxygen atoms in total. The van der Waals surface area contributed by atoms with E-state index >= 15 is 0 Å². The summed E-state index contributed by atoms with van der Waals surface area (Å²) in [5.41, 5.74) is 1.24. The maximum Gasteiger partial charge on any atom is 0.434 e. The van der Waals surface area contributed by atoms with Gasteiger partial charge in [-0.25, -0.2) is 9.97 Å². The molecule has 2 aliphatic heterocycles. The number of aromatic nitrogens is 2. The largest absolute Gasteiger partial charge is 0.434 e. The second-order valence-corrected chi connectivity index (χ2v) is 7.22. The van der Waals surface area contributed by atoms with E-state index in [9.17, 15) is 18.0 Å². The van der Waals surface area contributed by atoms with Gasteiger partial charge in [0.2, 0.25) is 5.95 Å². The van der Waals surface area contributed by atoms with Gasteiger partial charge in [-0.2, -0.15) is 13.2 Å². The van der Waals surface area contributed by atoms with Gasteiger partial charge in [0.15, 0.2) is 5.69 Å². The Kier molecular flexibility index (Phi) is 5.16. The summed E-state index contributed by atoms with van der Waals surface area (Å²) in [7, 11) is 0. The van der Waals surface area contributed by atoms with Gasteiger partial charge in [0, 0.05) is 31.5 Å². The molecule has 29 heavy (non-hydrogen) atoms. The quantitative estimate of drug-likeness (QED) is 0.766. The van der Waals surface area contributed by atoms with Crippen molar-refractivity contribution in [3.05, 3.63) is 46.8 Å². The first-order valence-corrected chi connectivity index (χ1v) is 9.53. The van der Waals surface area contributed by atoms with Gasteiger partial charge >= 0.3 is 6.18 Å². The van der Waals surface area contributed by atoms with Crippen molar-refractivity contribution in [1.29, 1.82) is 0 Å². The molecule has 4 rings (SSSR count). The molecular weight excluding hydrogens is 385 g/mol. The molecule has 2 aromatic rings. The van der Waals surface area contributed by atoms with E-state index in [0.717, 1.165) is 35.9 Å². The lowest BCUT2D eigenvalue weighted by atomic mass is 10.00. The number of amides is 1. The van der Waals surface area contributed by atoms with Gasteiger partial charge in [0.1, 0.15) is 0 Å². The Bertz CT molecular complexity index is 926. The van der Waals surface area contributed by atoms with Crippen molar-refractivity contribution in [2.24, 2.45) is 0 Å². The van der Waals surface area contributed by atoms with E-state index in [1.165, 1.54) is 4.90 Å². The number of nitrogens with zero attached hydrogens (tertiary/aromatic N) is 4. The highest BCUT2D eigenvalue weighted by Gasteiger charge is 2.40. The minimum absolute atomic E-state index is 0.0411. The Hall–Kier alpha value is -2.68. The van der Waals surface area contributed by atoms with Crippen LogP contribution in [0.2, 0.25) is 0 Å². The van der Waals surface area contributed by atoms with E-state index in [1.54, 1.807) is 4.90 Å². The Morgan fingerprint density at radius 2 is 1.93 bits per heavy atom. The minimum Gasteiger partial charge on any atom is -0.378 e. The number of rotatable bonds is 2. The summed E-state index contributed by atoms with van der Waals surface area (Å²) in [6.07, 6.45) is -2.12. The van der Waals surface area contributed by atoms with Gasteiger partial charge < -0.3 is 14.5 Å². The summed E-state index contributed by atoms with van der Waals surface area (Å²) in [6, 6.07) is 5.83. The number of ether oxygens (including phenoxy) is 1. The monoisotopic (exact) mass is 406 g/mol. The molecule has 1 aromatic carbocycles. The number of morpholine rings is 1. The second-order valence-electron chi connectivity index (χ2n) is 7.22. The molecule has 0 radical (unpaired) electrons. The van der Waals surface area contributed by atoms with Gasteiger partial charge in [-0.05, 0) is 31.4 Å². The Morgan fingerprint density at radius 1 is 1.17 bits per heavy atom. The molecular formula is C20H21F3N4O2. The molecule has 0 spiro atoms. The molecule has 1 amide bonds. The number of halogens is 3. The fourth-order valence-corrected chi connectivity index (χ4v) is 3.75. The number of hydrogen-bond donors (Lipinski definition) is 0. The lowest BCUT2D eigenvalue weighted by Gasteiger charge is -2.31. The van der Waals surface area contributed by atoms with Crippen molar-refractivity contribution in [3.8, 4) is 0 Å². The van der Waals surface area contributed by atoms with Crippen LogP contribution in [0.3, 0.4) is 0 Å². The van der Waals surface area contributed by atoms with Crippen molar-refractivity contribution in [2.75, 3.05) is 37.7 Å². The smallest absolute Gasteiger partial charge is 0.378 e. The molecule has 3 heterocycles. The van der Waals surface area contributed by atoms with Crippen LogP contribution < -0.4 is 4.90 Å². The van der Waals surface area contributed by atoms with E-state index in [2.05, 4.69) is 9.97 Å². The lowest BCUT2D eigenvalue weighted by molar-refractivity contribution is -0.141. The maximum absolute atomic E-state index is 13.8. The van der Waals surface area contributed by atoms with Crippen molar-refractivity contribution < 1.29 is 22.7 Å². The predicted octanol–water partition coefficient (Wildman–Crippen LogP) is 3.36. The molecule has 0 atom stereocenters. The van der Waals surface area contributed by atoms with Crippen molar-refractivity contribution in [2.45, 2.75) is 25.9 Å². The predicted molar refractivity (Wildman–Crippen MR) is 100 cm³/mol. The zero-order chi connectivity index (χ0) is 20.6. The molecule has 1 saturated heterocycles. The molecule has 9 heteroatoms. The number of alkyl halides is 3. The van der Waals surface area contributed by atoms with E-state index in [4.69, 9.17) is 4.74 Å². The average Bonchev–Trinajstić information content (AvgIpc) is 2.72. The zero-order valence-electron chi connectivity index (χ0n) is 16.0. The van der Waals surface area contributed by atoms with Crippen LogP contribution in [0.5, 0.6) is 0 Å². The summed E-state index contributed by atoms with van der Waals surface area (Å²) in [4.78, 5) is 23.7. The number of carbonyl (C=O) groups excluding carboxylic acids is 1. The molecule has 0 aliphatic carbocycles. The van der Waals surface area contributed by atoms with E-state index < -0.39 is 23.3 Å². The Balaban J connectivity index is 1.73. The van der Waals surface area contributed by atoms with Crippen molar-refractivity contribution >= 4 is 17.5 Å². The molecule has 0 N–H and O–H groups in total. The van der Waals surface area contributed by atoms with Gasteiger partial charge in [-0.1, -0.05) is 17.7 Å². The standard InChI is InChI=1S/C20H21F3N4O2/c1-13-4-5-16-14(11-13)3-2-6-27(16)19-24-12-15(17(25-19)20(21,22)23)18(28)26-7-9-29-10-8-26/h4-5,11-12H,2-3,6-10H2,1H3. The van der Waals surface area contributed by atoms with Crippen LogP contribution >= 0.6 is 0 Å². The first-order chi connectivity index (χ1) is 13.8. The van der Waals surface area contributed by atoms with E-state index in [0.29, 0.717) is 19.8 Å². The maximum atomic E-state index is 13.8. The molecule has 1 fully saturated rings. The Morgan fingerprint density at radius 3 is 2.66 bits per heavy atom. The van der Waals surface area contributed by atoms with Crippen LogP contribution in [0, 0.1) is 6.92 Å². The summed E-state index contributed by atoms with van der Waals surface area (Å²) in [6.45, 7) is 3.59. The fourth-order valence-electron chi connectivity index (χ4n) is 3.75. The summed E-state index contributed by atoms with van der Waals surface area (Å²) in [5.74, 6) is -0.762. The number of anilines is 2. The van der Waals surface area contributed by atoms with Gasteiger partial charge in [0.25, 0.3) is 5.91 Å². The highest BCUT2D eigenvalue weighted by molar-refractivity contribution is 5.95. The topological polar surface area (TPSA) is 58.6 Å².